The number of fused-ring (bicyclic) bond motifs is 1. The van der Waals surface area contributed by atoms with Gasteiger partial charge in [-0.05, 0) is 55.3 Å². The summed E-state index contributed by atoms with van der Waals surface area (Å²) in [4.78, 5) is 16.4. The third-order valence-electron chi connectivity index (χ3n) is 6.99. The van der Waals surface area contributed by atoms with Crippen molar-refractivity contribution in [2.45, 2.75) is 31.7 Å². The molecule has 1 aliphatic carbocycles. The zero-order valence-corrected chi connectivity index (χ0v) is 19.2. The van der Waals surface area contributed by atoms with Gasteiger partial charge in [-0.25, -0.2) is 5.10 Å². The SMILES string of the molecule is CN(c1ccc2cnn(C)c2c1Cl)C1CC2(C1)CN(CCCc1cn[nH]c(=O)c1Cl)C2. The maximum absolute atomic E-state index is 11.5. The smallest absolute Gasteiger partial charge is 0.283 e. The highest BCUT2D eigenvalue weighted by Crippen LogP contribution is 2.51. The van der Waals surface area contributed by atoms with Gasteiger partial charge in [-0.1, -0.05) is 23.2 Å². The molecule has 2 fully saturated rings. The highest BCUT2D eigenvalue weighted by molar-refractivity contribution is 6.37. The van der Waals surface area contributed by atoms with E-state index in [1.165, 1.54) is 12.8 Å². The molecular weight excluding hydrogens is 435 g/mol. The number of halogens is 2. The highest BCUT2D eigenvalue weighted by atomic mass is 35.5. The highest BCUT2D eigenvalue weighted by Gasteiger charge is 2.53. The lowest BCUT2D eigenvalue weighted by atomic mass is 9.60. The predicted octanol–water partition coefficient (Wildman–Crippen LogP) is 3.50. The van der Waals surface area contributed by atoms with Gasteiger partial charge in [0, 0.05) is 38.6 Å². The standard InChI is InChI=1S/C22H26Cl2N6O/c1-28(17-6-5-15-11-26-29(2)20(15)19(17)24)16-8-22(9-16)12-30(13-22)7-3-4-14-10-25-27-21(31)18(14)23/h5-6,10-11,16H,3-4,7-9,12-13H2,1-2H3,(H,27,31). The van der Waals surface area contributed by atoms with Crippen molar-refractivity contribution in [3.63, 3.8) is 0 Å². The van der Waals surface area contributed by atoms with E-state index in [2.05, 4.69) is 44.3 Å². The van der Waals surface area contributed by atoms with Crippen LogP contribution < -0.4 is 10.5 Å². The van der Waals surface area contributed by atoms with E-state index >= 15 is 0 Å². The van der Waals surface area contributed by atoms with Crippen molar-refractivity contribution in [2.24, 2.45) is 12.5 Å². The van der Waals surface area contributed by atoms with E-state index in [0.717, 1.165) is 59.7 Å². The van der Waals surface area contributed by atoms with Crippen LogP contribution in [0.3, 0.4) is 0 Å². The number of aryl methyl sites for hydroxylation is 2. The first-order chi connectivity index (χ1) is 14.9. The molecule has 0 amide bonds. The lowest BCUT2D eigenvalue weighted by Gasteiger charge is -2.61. The van der Waals surface area contributed by atoms with Gasteiger partial charge in [0.2, 0.25) is 0 Å². The van der Waals surface area contributed by atoms with Gasteiger partial charge in [0.15, 0.2) is 0 Å². The van der Waals surface area contributed by atoms with Crippen molar-refractivity contribution in [2.75, 3.05) is 31.6 Å². The molecule has 164 valence electrons. The molecule has 3 aromatic rings. The topological polar surface area (TPSA) is 70.1 Å². The molecule has 2 aliphatic rings. The Balaban J connectivity index is 1.13. The van der Waals surface area contributed by atoms with Crippen LogP contribution in [-0.2, 0) is 13.5 Å². The zero-order chi connectivity index (χ0) is 21.8. The molecule has 3 heterocycles. The van der Waals surface area contributed by atoms with Crippen LogP contribution in [0.15, 0.2) is 29.3 Å². The fourth-order valence-electron chi connectivity index (χ4n) is 5.30. The number of aromatic amines is 1. The molecule has 9 heteroatoms. The van der Waals surface area contributed by atoms with Gasteiger partial charge >= 0.3 is 0 Å². The van der Waals surface area contributed by atoms with E-state index in [-0.39, 0.29) is 10.6 Å². The van der Waals surface area contributed by atoms with Crippen LogP contribution in [0.25, 0.3) is 10.9 Å². The molecule has 5 rings (SSSR count). The monoisotopic (exact) mass is 460 g/mol. The number of anilines is 1. The molecule has 1 spiro atoms. The first kappa shape index (κ1) is 20.8. The fourth-order valence-corrected chi connectivity index (χ4v) is 5.91. The maximum Gasteiger partial charge on any atom is 0.283 e. The van der Waals surface area contributed by atoms with Gasteiger partial charge in [0.05, 0.1) is 28.6 Å². The molecule has 1 N–H and O–H groups in total. The van der Waals surface area contributed by atoms with Crippen molar-refractivity contribution in [3.05, 3.63) is 50.5 Å². The summed E-state index contributed by atoms with van der Waals surface area (Å²) in [6.45, 7) is 3.31. The molecule has 0 bridgehead atoms. The average molecular weight is 461 g/mol. The van der Waals surface area contributed by atoms with Crippen LogP contribution in [-0.4, -0.2) is 57.6 Å². The molecule has 31 heavy (non-hydrogen) atoms. The van der Waals surface area contributed by atoms with Gasteiger partial charge in [-0.3, -0.25) is 9.48 Å². The van der Waals surface area contributed by atoms with Gasteiger partial charge < -0.3 is 9.80 Å². The van der Waals surface area contributed by atoms with Crippen LogP contribution in [0.2, 0.25) is 10.0 Å². The lowest BCUT2D eigenvalue weighted by molar-refractivity contribution is -0.0715. The number of aromatic nitrogens is 4. The van der Waals surface area contributed by atoms with Crippen molar-refractivity contribution in [3.8, 4) is 0 Å². The van der Waals surface area contributed by atoms with E-state index in [1.807, 2.05) is 17.9 Å². The summed E-state index contributed by atoms with van der Waals surface area (Å²) in [6, 6.07) is 4.73. The molecule has 0 radical (unpaired) electrons. The summed E-state index contributed by atoms with van der Waals surface area (Å²) in [5.41, 5.74) is 3.04. The number of likely N-dealkylation sites (tertiary alicyclic amines) is 1. The Hall–Kier alpha value is -2.09. The van der Waals surface area contributed by atoms with Gasteiger partial charge in [0.25, 0.3) is 5.56 Å². The van der Waals surface area contributed by atoms with Gasteiger partial charge in [0.1, 0.15) is 5.02 Å². The minimum Gasteiger partial charge on any atom is -0.370 e. The van der Waals surface area contributed by atoms with Crippen LogP contribution >= 0.6 is 23.2 Å². The van der Waals surface area contributed by atoms with Crippen LogP contribution in [0.1, 0.15) is 24.8 Å². The minimum atomic E-state index is -0.311. The van der Waals surface area contributed by atoms with Crippen molar-refractivity contribution >= 4 is 39.8 Å². The van der Waals surface area contributed by atoms with E-state index < -0.39 is 0 Å². The maximum atomic E-state index is 11.5. The van der Waals surface area contributed by atoms with E-state index in [4.69, 9.17) is 23.2 Å². The third kappa shape index (κ3) is 3.62. The Kier molecular flexibility index (Phi) is 5.23. The Morgan fingerprint density at radius 1 is 1.23 bits per heavy atom. The largest absolute Gasteiger partial charge is 0.370 e. The summed E-state index contributed by atoms with van der Waals surface area (Å²) >= 11 is 12.8. The molecule has 0 atom stereocenters. The fraction of sp³-hybridized carbons (Fsp3) is 0.500. The first-order valence-electron chi connectivity index (χ1n) is 10.6. The summed E-state index contributed by atoms with van der Waals surface area (Å²) in [5.74, 6) is 0. The second kappa shape index (κ2) is 7.80. The third-order valence-corrected chi connectivity index (χ3v) is 7.78. The van der Waals surface area contributed by atoms with Crippen LogP contribution in [0.4, 0.5) is 5.69 Å². The molecule has 2 aromatic heterocycles. The number of rotatable bonds is 6. The van der Waals surface area contributed by atoms with Gasteiger partial charge in [-0.2, -0.15) is 10.2 Å². The Labute approximate surface area is 190 Å². The van der Waals surface area contributed by atoms with Crippen LogP contribution in [0.5, 0.6) is 0 Å². The van der Waals surface area contributed by atoms with Crippen molar-refractivity contribution in [1.29, 1.82) is 0 Å². The van der Waals surface area contributed by atoms with E-state index in [1.54, 1.807) is 6.20 Å². The minimum absolute atomic E-state index is 0.267. The summed E-state index contributed by atoms with van der Waals surface area (Å²) < 4.78 is 1.84. The molecule has 1 saturated carbocycles. The van der Waals surface area contributed by atoms with E-state index in [0.29, 0.717) is 11.5 Å². The summed E-state index contributed by atoms with van der Waals surface area (Å²) in [6.07, 6.45) is 7.66. The predicted molar refractivity (Wildman–Crippen MR) is 124 cm³/mol. The number of hydrogen-bond acceptors (Lipinski definition) is 5. The van der Waals surface area contributed by atoms with Crippen molar-refractivity contribution in [1.82, 2.24) is 24.9 Å². The molecule has 7 nitrogen and oxygen atoms in total. The quantitative estimate of drug-likeness (QED) is 0.609. The molecule has 1 aliphatic heterocycles. The van der Waals surface area contributed by atoms with E-state index in [9.17, 15) is 4.79 Å². The van der Waals surface area contributed by atoms with Crippen molar-refractivity contribution < 1.29 is 0 Å². The Morgan fingerprint density at radius 2 is 2.00 bits per heavy atom. The number of nitrogens with one attached hydrogen (secondary N) is 1. The summed E-state index contributed by atoms with van der Waals surface area (Å²) in [5, 5.41) is 12.6. The zero-order valence-electron chi connectivity index (χ0n) is 17.7. The Bertz CT molecular complexity index is 1170. The molecule has 1 aromatic carbocycles. The molecular formula is C22H26Cl2N6O. The number of benzene rings is 1. The second-order valence-electron chi connectivity index (χ2n) is 9.13. The number of hydrogen-bond donors (Lipinski definition) is 1. The Morgan fingerprint density at radius 3 is 2.77 bits per heavy atom. The number of nitrogens with zero attached hydrogens (tertiary/aromatic N) is 5. The van der Waals surface area contributed by atoms with Crippen LogP contribution in [0, 0.1) is 5.41 Å². The van der Waals surface area contributed by atoms with Gasteiger partial charge in [-0.15, -0.1) is 0 Å². The lowest BCUT2D eigenvalue weighted by Crippen LogP contribution is -2.66. The number of H-pyrrole nitrogens is 1. The first-order valence-corrected chi connectivity index (χ1v) is 11.4. The average Bonchev–Trinajstić information content (AvgIpc) is 3.07. The second-order valence-corrected chi connectivity index (χ2v) is 9.89. The summed E-state index contributed by atoms with van der Waals surface area (Å²) in [7, 11) is 4.08. The normalized spacial score (nSPS) is 18.3. The molecule has 0 unspecified atom stereocenters. The molecule has 1 saturated heterocycles.